The topological polar surface area (TPSA) is 46.1 Å². The van der Waals surface area contributed by atoms with Crippen LogP contribution in [-0.2, 0) is 29.2 Å². The van der Waals surface area contributed by atoms with Crippen LogP contribution in [0.4, 0.5) is 0 Å². The zero-order valence-corrected chi connectivity index (χ0v) is 17.0. The summed E-state index contributed by atoms with van der Waals surface area (Å²) in [6.07, 6.45) is 2.34. The quantitative estimate of drug-likeness (QED) is 0.582. The molecule has 1 aromatic heterocycles. The van der Waals surface area contributed by atoms with Crippen LogP contribution < -0.4 is 5.32 Å². The van der Waals surface area contributed by atoms with Crippen LogP contribution in [0, 0.1) is 0 Å². The molecule has 146 valence electrons. The Balaban J connectivity index is 1.44. The second-order valence-electron chi connectivity index (χ2n) is 6.83. The molecule has 3 rings (SSSR count). The fraction of sp³-hybridized carbons (Fsp3) is 0.476. The third-order valence-corrected chi connectivity index (χ3v) is 5.43. The van der Waals surface area contributed by atoms with Crippen molar-refractivity contribution >= 4 is 17.3 Å². The Bertz CT molecular complexity index is 695. The molecular weight excluding hydrogens is 358 g/mol. The lowest BCUT2D eigenvalue weighted by Gasteiger charge is -2.22. The molecule has 0 radical (unpaired) electrons. The summed E-state index contributed by atoms with van der Waals surface area (Å²) in [5.41, 5.74) is 3.75. The molecule has 1 fully saturated rings. The average Bonchev–Trinajstić information content (AvgIpc) is 3.21. The van der Waals surface area contributed by atoms with Crippen LogP contribution in [-0.4, -0.2) is 44.3 Å². The van der Waals surface area contributed by atoms with E-state index < -0.39 is 0 Å². The van der Waals surface area contributed by atoms with Crippen molar-refractivity contribution < 1.29 is 9.47 Å². The molecule has 1 aliphatic heterocycles. The van der Waals surface area contributed by atoms with Crippen LogP contribution in [0.5, 0.6) is 0 Å². The number of thiophene rings is 1. The van der Waals surface area contributed by atoms with Gasteiger partial charge in [0.1, 0.15) is 0 Å². The Hall–Kier alpha value is -1.89. The first-order valence-electron chi connectivity index (χ1n) is 9.44. The number of ether oxygens (including phenoxy) is 2. The molecule has 5 nitrogen and oxygen atoms in total. The van der Waals surface area contributed by atoms with E-state index in [-0.39, 0.29) is 0 Å². The highest BCUT2D eigenvalue weighted by Crippen LogP contribution is 2.14. The number of hydrogen-bond donors (Lipinski definition) is 1. The van der Waals surface area contributed by atoms with Gasteiger partial charge in [-0.25, -0.2) is 0 Å². The van der Waals surface area contributed by atoms with Gasteiger partial charge in [-0.05, 0) is 46.4 Å². The molecule has 0 bridgehead atoms. The van der Waals surface area contributed by atoms with Crippen molar-refractivity contribution in [3.63, 3.8) is 0 Å². The summed E-state index contributed by atoms with van der Waals surface area (Å²) in [6.45, 7) is 3.91. The summed E-state index contributed by atoms with van der Waals surface area (Å²) >= 11 is 1.72. The minimum absolute atomic E-state index is 0.335. The lowest BCUT2D eigenvalue weighted by Crippen LogP contribution is -2.37. The van der Waals surface area contributed by atoms with Gasteiger partial charge in [0.2, 0.25) is 0 Å². The fourth-order valence-corrected chi connectivity index (χ4v) is 3.77. The van der Waals surface area contributed by atoms with E-state index in [1.807, 2.05) is 7.05 Å². The largest absolute Gasteiger partial charge is 0.381 e. The summed E-state index contributed by atoms with van der Waals surface area (Å²) in [6, 6.07) is 10.8. The van der Waals surface area contributed by atoms with E-state index in [2.05, 4.69) is 63.3 Å². The number of nitrogens with one attached hydrogen (secondary N) is 1. The number of guanidine groups is 1. The Morgan fingerprint density at radius 1 is 1.19 bits per heavy atom. The molecule has 1 saturated heterocycles. The third-order valence-electron chi connectivity index (χ3n) is 4.70. The van der Waals surface area contributed by atoms with Crippen LogP contribution in [0.2, 0.25) is 0 Å². The maximum Gasteiger partial charge on any atom is 0.193 e. The predicted octanol–water partition coefficient (Wildman–Crippen LogP) is 3.65. The second-order valence-corrected chi connectivity index (χ2v) is 7.61. The monoisotopic (exact) mass is 387 g/mol. The van der Waals surface area contributed by atoms with Gasteiger partial charge in [0, 0.05) is 40.4 Å². The normalized spacial score (nSPS) is 15.7. The summed E-state index contributed by atoms with van der Waals surface area (Å²) in [7, 11) is 3.88. The van der Waals surface area contributed by atoms with Crippen molar-refractivity contribution in [3.05, 3.63) is 57.8 Å². The third kappa shape index (κ3) is 6.34. The van der Waals surface area contributed by atoms with Crippen molar-refractivity contribution in [1.29, 1.82) is 0 Å². The zero-order valence-electron chi connectivity index (χ0n) is 16.2. The fourth-order valence-electron chi connectivity index (χ4n) is 3.11. The van der Waals surface area contributed by atoms with Gasteiger partial charge in [-0.2, -0.15) is 11.3 Å². The van der Waals surface area contributed by atoms with Gasteiger partial charge in [-0.3, -0.25) is 4.99 Å². The average molecular weight is 388 g/mol. The van der Waals surface area contributed by atoms with Gasteiger partial charge in [0.25, 0.3) is 0 Å². The first-order chi connectivity index (χ1) is 13.2. The first kappa shape index (κ1) is 19.9. The molecule has 1 aromatic carbocycles. The molecule has 0 amide bonds. The van der Waals surface area contributed by atoms with E-state index in [0.717, 1.165) is 45.1 Å². The zero-order chi connectivity index (χ0) is 18.9. The van der Waals surface area contributed by atoms with Gasteiger partial charge in [0.15, 0.2) is 5.96 Å². The molecule has 1 aliphatic rings. The molecule has 0 spiro atoms. The molecule has 6 heteroatoms. The molecule has 0 unspecified atom stereocenters. The molecular formula is C21H29N3O2S. The summed E-state index contributed by atoms with van der Waals surface area (Å²) in [5.74, 6) is 0.896. The van der Waals surface area contributed by atoms with Crippen LogP contribution in [0.25, 0.3) is 0 Å². The van der Waals surface area contributed by atoms with Crippen molar-refractivity contribution in [2.75, 3.05) is 27.3 Å². The molecule has 0 aliphatic carbocycles. The highest BCUT2D eigenvalue weighted by atomic mass is 32.1. The SMILES string of the molecule is CN=C(NCc1ccc(COC2CCOCC2)cc1)N(C)Cc1ccsc1. The standard InChI is InChI=1S/C21H29N3O2S/c1-22-21(24(2)14-19-9-12-27-16-19)23-13-17-3-5-18(6-4-17)15-26-20-7-10-25-11-8-20/h3-6,9,12,16,20H,7-8,10-11,13-15H2,1-2H3,(H,22,23). The van der Waals surface area contributed by atoms with E-state index in [0.29, 0.717) is 12.7 Å². The highest BCUT2D eigenvalue weighted by molar-refractivity contribution is 7.07. The van der Waals surface area contributed by atoms with E-state index in [1.165, 1.54) is 16.7 Å². The maximum atomic E-state index is 5.99. The first-order valence-corrected chi connectivity index (χ1v) is 10.4. The summed E-state index contributed by atoms with van der Waals surface area (Å²) in [4.78, 5) is 6.52. The van der Waals surface area contributed by atoms with Crippen molar-refractivity contribution in [3.8, 4) is 0 Å². The maximum absolute atomic E-state index is 5.99. The van der Waals surface area contributed by atoms with E-state index in [9.17, 15) is 0 Å². The Labute approximate surface area is 166 Å². The number of hydrogen-bond acceptors (Lipinski definition) is 4. The van der Waals surface area contributed by atoms with Gasteiger partial charge >= 0.3 is 0 Å². The van der Waals surface area contributed by atoms with Gasteiger partial charge in [-0.1, -0.05) is 24.3 Å². The van der Waals surface area contributed by atoms with Crippen molar-refractivity contribution in [2.24, 2.45) is 4.99 Å². The summed E-state index contributed by atoms with van der Waals surface area (Å²) < 4.78 is 11.4. The molecule has 27 heavy (non-hydrogen) atoms. The Morgan fingerprint density at radius 2 is 1.93 bits per heavy atom. The Kier molecular flexibility index (Phi) is 7.68. The highest BCUT2D eigenvalue weighted by Gasteiger charge is 2.14. The minimum atomic E-state index is 0.335. The molecule has 2 heterocycles. The molecule has 1 N–H and O–H groups in total. The molecule has 0 atom stereocenters. The van der Waals surface area contributed by atoms with Crippen LogP contribution in [0.15, 0.2) is 46.1 Å². The van der Waals surface area contributed by atoms with E-state index in [1.54, 1.807) is 11.3 Å². The molecule has 0 saturated carbocycles. The number of nitrogens with zero attached hydrogens (tertiary/aromatic N) is 2. The lowest BCUT2D eigenvalue weighted by atomic mass is 10.1. The van der Waals surface area contributed by atoms with Crippen LogP contribution in [0.1, 0.15) is 29.5 Å². The molecule has 2 aromatic rings. The number of benzene rings is 1. The number of aliphatic imine (C=N–C) groups is 1. The van der Waals surface area contributed by atoms with Gasteiger partial charge < -0.3 is 19.7 Å². The second kappa shape index (κ2) is 10.4. The number of rotatable bonds is 7. The van der Waals surface area contributed by atoms with Crippen LogP contribution in [0.3, 0.4) is 0 Å². The summed E-state index contributed by atoms with van der Waals surface area (Å²) in [5, 5.41) is 7.71. The smallest absolute Gasteiger partial charge is 0.193 e. The van der Waals surface area contributed by atoms with E-state index in [4.69, 9.17) is 9.47 Å². The minimum Gasteiger partial charge on any atom is -0.381 e. The Morgan fingerprint density at radius 3 is 2.59 bits per heavy atom. The van der Waals surface area contributed by atoms with Gasteiger partial charge in [0.05, 0.1) is 12.7 Å². The predicted molar refractivity (Wildman–Crippen MR) is 111 cm³/mol. The van der Waals surface area contributed by atoms with E-state index >= 15 is 0 Å². The lowest BCUT2D eigenvalue weighted by molar-refractivity contribution is -0.0390. The van der Waals surface area contributed by atoms with Crippen molar-refractivity contribution in [1.82, 2.24) is 10.2 Å². The van der Waals surface area contributed by atoms with Gasteiger partial charge in [-0.15, -0.1) is 0 Å². The van der Waals surface area contributed by atoms with Crippen LogP contribution >= 0.6 is 11.3 Å². The van der Waals surface area contributed by atoms with Crippen molar-refractivity contribution in [2.45, 2.75) is 38.6 Å².